The summed E-state index contributed by atoms with van der Waals surface area (Å²) < 4.78 is 3.74. The molecule has 0 aliphatic carbocycles. The SMILES string of the molecule is Cn1nc(Cn2cc(CCBr)nn2)c2ccccc21. The third-order valence-corrected chi connectivity index (χ3v) is 3.48. The van der Waals surface area contributed by atoms with Gasteiger partial charge in [-0.05, 0) is 6.07 Å². The molecular weight excluding hydrogens is 306 g/mol. The molecule has 0 unspecified atom stereocenters. The highest BCUT2D eigenvalue weighted by Crippen LogP contribution is 2.18. The topological polar surface area (TPSA) is 48.5 Å². The summed E-state index contributed by atoms with van der Waals surface area (Å²) in [7, 11) is 1.96. The average Bonchev–Trinajstić information content (AvgIpc) is 2.97. The van der Waals surface area contributed by atoms with Crippen molar-refractivity contribution in [2.45, 2.75) is 13.0 Å². The van der Waals surface area contributed by atoms with Gasteiger partial charge in [0.2, 0.25) is 0 Å². The number of hydrogen-bond donors (Lipinski definition) is 0. The fraction of sp³-hybridized carbons (Fsp3) is 0.308. The van der Waals surface area contributed by atoms with E-state index in [1.807, 2.05) is 34.7 Å². The van der Waals surface area contributed by atoms with Gasteiger partial charge >= 0.3 is 0 Å². The van der Waals surface area contributed by atoms with E-state index in [0.717, 1.165) is 28.7 Å². The molecule has 0 spiro atoms. The van der Waals surface area contributed by atoms with E-state index in [-0.39, 0.29) is 0 Å². The second-order valence-electron chi connectivity index (χ2n) is 4.43. The van der Waals surface area contributed by atoms with Crippen LogP contribution in [-0.2, 0) is 20.0 Å². The van der Waals surface area contributed by atoms with Crippen molar-refractivity contribution < 1.29 is 0 Å². The monoisotopic (exact) mass is 319 g/mol. The van der Waals surface area contributed by atoms with Gasteiger partial charge in [-0.15, -0.1) is 5.10 Å². The van der Waals surface area contributed by atoms with Crippen LogP contribution < -0.4 is 0 Å². The maximum absolute atomic E-state index is 4.56. The number of fused-ring (bicyclic) bond motifs is 1. The van der Waals surface area contributed by atoms with Crippen LogP contribution in [-0.4, -0.2) is 30.1 Å². The van der Waals surface area contributed by atoms with Crippen LogP contribution in [0.5, 0.6) is 0 Å². The lowest BCUT2D eigenvalue weighted by molar-refractivity contribution is 0.627. The van der Waals surface area contributed by atoms with E-state index in [1.165, 1.54) is 5.39 Å². The Balaban J connectivity index is 1.92. The molecule has 0 bridgehead atoms. The van der Waals surface area contributed by atoms with Crippen molar-refractivity contribution in [2.75, 3.05) is 5.33 Å². The predicted octanol–water partition coefficient (Wildman–Crippen LogP) is 2.15. The summed E-state index contributed by atoms with van der Waals surface area (Å²) in [5, 5.41) is 14.9. The molecule has 2 aromatic heterocycles. The molecule has 0 radical (unpaired) electrons. The molecule has 0 aliphatic rings. The number of nitrogens with zero attached hydrogens (tertiary/aromatic N) is 5. The van der Waals surface area contributed by atoms with Crippen molar-refractivity contribution in [1.82, 2.24) is 24.8 Å². The van der Waals surface area contributed by atoms with Gasteiger partial charge in [-0.25, -0.2) is 4.68 Å². The van der Waals surface area contributed by atoms with Crippen LogP contribution in [0, 0.1) is 0 Å². The van der Waals surface area contributed by atoms with Crippen LogP contribution in [0.15, 0.2) is 30.5 Å². The van der Waals surface area contributed by atoms with Gasteiger partial charge in [0.15, 0.2) is 0 Å². The van der Waals surface area contributed by atoms with Crippen LogP contribution in [0.3, 0.4) is 0 Å². The molecular formula is C13H14BrN5. The van der Waals surface area contributed by atoms with Crippen molar-refractivity contribution in [2.24, 2.45) is 7.05 Å². The quantitative estimate of drug-likeness (QED) is 0.692. The van der Waals surface area contributed by atoms with Crippen molar-refractivity contribution in [3.63, 3.8) is 0 Å². The van der Waals surface area contributed by atoms with Crippen molar-refractivity contribution in [3.8, 4) is 0 Å². The van der Waals surface area contributed by atoms with Gasteiger partial charge < -0.3 is 0 Å². The van der Waals surface area contributed by atoms with Gasteiger partial charge in [0, 0.05) is 30.4 Å². The van der Waals surface area contributed by atoms with Gasteiger partial charge in [-0.3, -0.25) is 4.68 Å². The molecule has 6 heteroatoms. The molecule has 3 aromatic rings. The fourth-order valence-electron chi connectivity index (χ4n) is 2.19. The summed E-state index contributed by atoms with van der Waals surface area (Å²) in [5.41, 5.74) is 3.16. The molecule has 0 saturated heterocycles. The first-order chi connectivity index (χ1) is 9.28. The van der Waals surface area contributed by atoms with E-state index in [1.54, 1.807) is 0 Å². The van der Waals surface area contributed by atoms with E-state index in [4.69, 9.17) is 0 Å². The lowest BCUT2D eigenvalue weighted by Crippen LogP contribution is -2.02. The third-order valence-electron chi connectivity index (χ3n) is 3.08. The zero-order valence-corrected chi connectivity index (χ0v) is 12.2. The normalized spacial score (nSPS) is 11.3. The Labute approximate surface area is 119 Å². The standard InChI is InChI=1S/C13H14BrN5/c1-18-13-5-3-2-4-11(13)12(16-18)9-19-8-10(6-7-14)15-17-19/h2-5,8H,6-7,9H2,1H3. The minimum atomic E-state index is 0.649. The Hall–Kier alpha value is -1.69. The largest absolute Gasteiger partial charge is 0.268 e. The van der Waals surface area contributed by atoms with Crippen molar-refractivity contribution >= 4 is 26.8 Å². The van der Waals surface area contributed by atoms with Crippen LogP contribution in [0.4, 0.5) is 0 Å². The highest BCUT2D eigenvalue weighted by atomic mass is 79.9. The number of hydrogen-bond acceptors (Lipinski definition) is 3. The molecule has 0 atom stereocenters. The van der Waals surface area contributed by atoms with E-state index in [0.29, 0.717) is 6.54 Å². The lowest BCUT2D eigenvalue weighted by atomic mass is 10.2. The number of alkyl halides is 1. The number of aromatic nitrogens is 5. The summed E-state index contributed by atoms with van der Waals surface area (Å²) in [6.07, 6.45) is 2.87. The van der Waals surface area contributed by atoms with Crippen LogP contribution in [0.25, 0.3) is 10.9 Å². The minimum absolute atomic E-state index is 0.649. The maximum atomic E-state index is 4.56. The fourth-order valence-corrected chi connectivity index (χ4v) is 2.59. The average molecular weight is 320 g/mol. The molecule has 0 aliphatic heterocycles. The zero-order chi connectivity index (χ0) is 13.2. The van der Waals surface area contributed by atoms with Crippen LogP contribution in [0.1, 0.15) is 11.4 Å². The van der Waals surface area contributed by atoms with Gasteiger partial charge in [0.05, 0.1) is 23.4 Å². The van der Waals surface area contributed by atoms with Gasteiger partial charge in [0.1, 0.15) is 0 Å². The molecule has 3 rings (SSSR count). The Morgan fingerprint density at radius 3 is 2.95 bits per heavy atom. The highest BCUT2D eigenvalue weighted by Gasteiger charge is 2.09. The summed E-state index contributed by atoms with van der Waals surface area (Å²) in [6, 6.07) is 8.22. The molecule has 0 amide bonds. The first-order valence-corrected chi connectivity index (χ1v) is 7.25. The van der Waals surface area contributed by atoms with Gasteiger partial charge in [-0.1, -0.05) is 39.3 Å². The number of aryl methyl sites for hydroxylation is 2. The minimum Gasteiger partial charge on any atom is -0.268 e. The number of rotatable bonds is 4. The Bertz CT molecular complexity index is 700. The van der Waals surface area contributed by atoms with Crippen LogP contribution in [0.2, 0.25) is 0 Å². The van der Waals surface area contributed by atoms with Gasteiger partial charge in [-0.2, -0.15) is 5.10 Å². The Morgan fingerprint density at radius 1 is 1.26 bits per heavy atom. The predicted molar refractivity (Wildman–Crippen MR) is 77.3 cm³/mol. The van der Waals surface area contributed by atoms with Crippen molar-refractivity contribution in [1.29, 1.82) is 0 Å². The summed E-state index contributed by atoms with van der Waals surface area (Å²) in [5.74, 6) is 0. The van der Waals surface area contributed by atoms with E-state index in [2.05, 4.69) is 43.5 Å². The van der Waals surface area contributed by atoms with E-state index in [9.17, 15) is 0 Å². The smallest absolute Gasteiger partial charge is 0.0918 e. The molecule has 0 saturated carbocycles. The molecule has 2 heterocycles. The lowest BCUT2D eigenvalue weighted by Gasteiger charge is -1.96. The zero-order valence-electron chi connectivity index (χ0n) is 10.6. The molecule has 5 nitrogen and oxygen atoms in total. The molecule has 1 aromatic carbocycles. The molecule has 98 valence electrons. The maximum Gasteiger partial charge on any atom is 0.0918 e. The first-order valence-electron chi connectivity index (χ1n) is 6.13. The molecule has 0 N–H and O–H groups in total. The Morgan fingerprint density at radius 2 is 2.11 bits per heavy atom. The second kappa shape index (κ2) is 5.13. The summed E-state index contributed by atoms with van der Waals surface area (Å²) >= 11 is 3.41. The number of para-hydroxylation sites is 1. The first kappa shape index (κ1) is 12.3. The summed E-state index contributed by atoms with van der Waals surface area (Å²) in [6.45, 7) is 0.649. The second-order valence-corrected chi connectivity index (χ2v) is 5.23. The number of halogens is 1. The molecule has 19 heavy (non-hydrogen) atoms. The molecule has 0 fully saturated rings. The van der Waals surface area contributed by atoms with Crippen LogP contribution >= 0.6 is 15.9 Å². The van der Waals surface area contributed by atoms with Gasteiger partial charge in [0.25, 0.3) is 0 Å². The van der Waals surface area contributed by atoms with Crippen molar-refractivity contribution in [3.05, 3.63) is 41.9 Å². The Kier molecular flexibility index (Phi) is 3.33. The summed E-state index contributed by atoms with van der Waals surface area (Å²) in [4.78, 5) is 0. The number of benzene rings is 1. The van der Waals surface area contributed by atoms with E-state index >= 15 is 0 Å². The van der Waals surface area contributed by atoms with E-state index < -0.39 is 0 Å². The third kappa shape index (κ3) is 2.40. The highest BCUT2D eigenvalue weighted by molar-refractivity contribution is 9.09.